The van der Waals surface area contributed by atoms with Crippen LogP contribution in [0.4, 0.5) is 10.2 Å². The fourth-order valence-corrected chi connectivity index (χ4v) is 2.10. The second-order valence-corrected chi connectivity index (χ2v) is 4.73. The third kappa shape index (κ3) is 3.18. The summed E-state index contributed by atoms with van der Waals surface area (Å²) >= 11 is 0. The zero-order valence-corrected chi connectivity index (χ0v) is 12.2. The number of anilines is 1. The average molecular weight is 309 g/mol. The van der Waals surface area contributed by atoms with Gasteiger partial charge in [-0.05, 0) is 18.2 Å². The minimum absolute atomic E-state index is 0.265. The monoisotopic (exact) mass is 309 g/mol. The molecule has 23 heavy (non-hydrogen) atoms. The third-order valence-corrected chi connectivity index (χ3v) is 3.04. The number of nitrogens with zero attached hydrogens (tertiary/aromatic N) is 4. The lowest BCUT2D eigenvalue weighted by Crippen LogP contribution is -2.09. The van der Waals surface area contributed by atoms with Gasteiger partial charge in [0, 0.05) is 36.6 Å². The molecule has 0 aromatic carbocycles. The third-order valence-electron chi connectivity index (χ3n) is 3.04. The van der Waals surface area contributed by atoms with Crippen LogP contribution in [0.5, 0.6) is 0 Å². The Kier molecular flexibility index (Phi) is 4.01. The van der Waals surface area contributed by atoms with Gasteiger partial charge in [-0.25, -0.2) is 14.4 Å². The highest BCUT2D eigenvalue weighted by atomic mass is 19.1. The van der Waals surface area contributed by atoms with E-state index in [0.29, 0.717) is 17.0 Å². The molecule has 6 nitrogen and oxygen atoms in total. The van der Waals surface area contributed by atoms with E-state index in [-0.39, 0.29) is 17.3 Å². The van der Waals surface area contributed by atoms with Gasteiger partial charge in [0.15, 0.2) is 11.6 Å². The highest BCUT2D eigenvalue weighted by Gasteiger charge is 2.16. The molecule has 0 aliphatic rings. The number of pyridine rings is 2. The summed E-state index contributed by atoms with van der Waals surface area (Å²) in [7, 11) is 0. The van der Waals surface area contributed by atoms with Crippen molar-refractivity contribution in [3.05, 3.63) is 55.0 Å². The van der Waals surface area contributed by atoms with E-state index in [9.17, 15) is 9.18 Å². The van der Waals surface area contributed by atoms with E-state index in [4.69, 9.17) is 0 Å². The first-order valence-electron chi connectivity index (χ1n) is 6.80. The summed E-state index contributed by atoms with van der Waals surface area (Å²) in [5.74, 6) is -0.479. The Balaban J connectivity index is 2.19. The zero-order chi connectivity index (χ0) is 16.2. The topological polar surface area (TPSA) is 80.7 Å². The molecule has 3 heterocycles. The molecule has 0 bridgehead atoms. The second-order valence-electron chi connectivity index (χ2n) is 4.73. The second kappa shape index (κ2) is 6.27. The Morgan fingerprint density at radius 3 is 2.61 bits per heavy atom. The maximum atomic E-state index is 14.1. The first-order valence-corrected chi connectivity index (χ1v) is 6.80. The molecule has 1 amide bonds. The Hall–Kier alpha value is -3.22. The molecule has 1 N–H and O–H groups in total. The normalized spacial score (nSPS) is 10.3. The number of nitrogens with one attached hydrogen (secondary N) is 1. The lowest BCUT2D eigenvalue weighted by atomic mass is 10.1. The number of carbonyl (C=O) groups excluding carboxylic acids is 1. The van der Waals surface area contributed by atoms with E-state index >= 15 is 0 Å². The number of rotatable bonds is 3. The number of carbonyl (C=O) groups is 1. The standard InChI is InChI=1S/C16H12FN5O/c1-10(23)21-14-9-20-16(12-4-6-19-8-13(12)17)15(22-14)11-3-2-5-18-7-11/h2-9H,1H3,(H,21,22,23). The molecule has 3 aromatic rings. The molecule has 114 valence electrons. The van der Waals surface area contributed by atoms with Crippen molar-refractivity contribution in [3.63, 3.8) is 0 Å². The van der Waals surface area contributed by atoms with Gasteiger partial charge in [-0.3, -0.25) is 14.8 Å². The molecule has 0 aliphatic carbocycles. The van der Waals surface area contributed by atoms with E-state index in [2.05, 4.69) is 25.3 Å². The molecule has 0 atom stereocenters. The summed E-state index contributed by atoms with van der Waals surface area (Å²) < 4.78 is 14.1. The van der Waals surface area contributed by atoms with Crippen LogP contribution in [0.1, 0.15) is 6.92 Å². The smallest absolute Gasteiger partial charge is 0.222 e. The quantitative estimate of drug-likeness (QED) is 0.804. The lowest BCUT2D eigenvalue weighted by Gasteiger charge is -2.10. The van der Waals surface area contributed by atoms with Crippen molar-refractivity contribution in [2.24, 2.45) is 0 Å². The molecule has 0 aliphatic heterocycles. The first-order chi connectivity index (χ1) is 11.1. The van der Waals surface area contributed by atoms with Gasteiger partial charge >= 0.3 is 0 Å². The van der Waals surface area contributed by atoms with Crippen LogP contribution in [-0.4, -0.2) is 25.8 Å². The molecule has 3 rings (SSSR count). The molecular formula is C16H12FN5O. The van der Waals surface area contributed by atoms with E-state index in [0.717, 1.165) is 6.20 Å². The van der Waals surface area contributed by atoms with Gasteiger partial charge in [-0.2, -0.15) is 0 Å². The molecule has 0 spiro atoms. The van der Waals surface area contributed by atoms with Crippen LogP contribution in [0, 0.1) is 5.82 Å². The summed E-state index contributed by atoms with van der Waals surface area (Å²) in [6.07, 6.45) is 7.21. The van der Waals surface area contributed by atoms with Crippen LogP contribution >= 0.6 is 0 Å². The molecule has 0 fully saturated rings. The van der Waals surface area contributed by atoms with Crippen molar-refractivity contribution in [2.45, 2.75) is 6.92 Å². The highest BCUT2D eigenvalue weighted by Crippen LogP contribution is 2.30. The van der Waals surface area contributed by atoms with E-state index in [1.807, 2.05) is 0 Å². The predicted molar refractivity (Wildman–Crippen MR) is 82.8 cm³/mol. The Morgan fingerprint density at radius 1 is 1.09 bits per heavy atom. The lowest BCUT2D eigenvalue weighted by molar-refractivity contribution is -0.114. The van der Waals surface area contributed by atoms with E-state index < -0.39 is 5.82 Å². The summed E-state index contributed by atoms with van der Waals surface area (Å²) in [5, 5.41) is 2.57. The van der Waals surface area contributed by atoms with Crippen LogP contribution < -0.4 is 5.32 Å². The average Bonchev–Trinajstić information content (AvgIpc) is 2.56. The molecule has 0 saturated heterocycles. The molecule has 0 radical (unpaired) electrons. The summed E-state index contributed by atoms with van der Waals surface area (Å²) in [6.45, 7) is 1.38. The largest absolute Gasteiger partial charge is 0.310 e. The zero-order valence-electron chi connectivity index (χ0n) is 12.2. The van der Waals surface area contributed by atoms with Gasteiger partial charge in [0.2, 0.25) is 5.91 Å². The van der Waals surface area contributed by atoms with Gasteiger partial charge in [0.1, 0.15) is 5.69 Å². The van der Waals surface area contributed by atoms with Crippen molar-refractivity contribution in [2.75, 3.05) is 5.32 Å². The number of hydrogen-bond donors (Lipinski definition) is 1. The maximum absolute atomic E-state index is 14.1. The van der Waals surface area contributed by atoms with Crippen LogP contribution in [0.2, 0.25) is 0 Å². The van der Waals surface area contributed by atoms with Gasteiger partial charge in [0.25, 0.3) is 0 Å². The number of aromatic nitrogens is 4. The van der Waals surface area contributed by atoms with Crippen molar-refractivity contribution in [3.8, 4) is 22.5 Å². The molecule has 7 heteroatoms. The van der Waals surface area contributed by atoms with Gasteiger partial charge < -0.3 is 5.32 Å². The first kappa shape index (κ1) is 14.7. The Morgan fingerprint density at radius 2 is 1.91 bits per heavy atom. The predicted octanol–water partition coefficient (Wildman–Crippen LogP) is 2.70. The van der Waals surface area contributed by atoms with Crippen molar-refractivity contribution in [1.82, 2.24) is 19.9 Å². The van der Waals surface area contributed by atoms with Crippen LogP contribution in [0.3, 0.4) is 0 Å². The molecule has 3 aromatic heterocycles. The van der Waals surface area contributed by atoms with Gasteiger partial charge in [-0.15, -0.1) is 0 Å². The number of hydrogen-bond acceptors (Lipinski definition) is 5. The SMILES string of the molecule is CC(=O)Nc1cnc(-c2ccncc2F)c(-c2cccnc2)n1. The number of amides is 1. The van der Waals surface area contributed by atoms with Crippen molar-refractivity contribution < 1.29 is 9.18 Å². The summed E-state index contributed by atoms with van der Waals surface area (Å²) in [5.41, 5.74) is 1.72. The molecule has 0 unspecified atom stereocenters. The fraction of sp³-hybridized carbons (Fsp3) is 0.0625. The van der Waals surface area contributed by atoms with Crippen LogP contribution in [-0.2, 0) is 4.79 Å². The molecular weight excluding hydrogens is 297 g/mol. The van der Waals surface area contributed by atoms with Crippen molar-refractivity contribution >= 4 is 11.7 Å². The number of halogens is 1. The summed E-state index contributed by atoms with van der Waals surface area (Å²) in [6, 6.07) is 5.06. The maximum Gasteiger partial charge on any atom is 0.222 e. The molecule has 0 saturated carbocycles. The van der Waals surface area contributed by atoms with Crippen LogP contribution in [0.25, 0.3) is 22.5 Å². The van der Waals surface area contributed by atoms with Gasteiger partial charge in [-0.1, -0.05) is 0 Å². The van der Waals surface area contributed by atoms with Gasteiger partial charge in [0.05, 0.1) is 18.1 Å². The van der Waals surface area contributed by atoms with E-state index in [1.54, 1.807) is 24.5 Å². The fourth-order valence-electron chi connectivity index (χ4n) is 2.10. The van der Waals surface area contributed by atoms with Crippen LogP contribution in [0.15, 0.2) is 49.2 Å². The minimum atomic E-state index is -0.501. The summed E-state index contributed by atoms with van der Waals surface area (Å²) in [4.78, 5) is 27.6. The minimum Gasteiger partial charge on any atom is -0.310 e. The highest BCUT2D eigenvalue weighted by molar-refractivity contribution is 5.88. The van der Waals surface area contributed by atoms with E-state index in [1.165, 1.54) is 25.4 Å². The van der Waals surface area contributed by atoms with Crippen molar-refractivity contribution in [1.29, 1.82) is 0 Å². The Bertz CT molecular complexity index is 854. The Labute approximate surface area is 131 Å².